The first-order valence-electron chi connectivity index (χ1n) is 15.0. The van der Waals surface area contributed by atoms with Crippen LogP contribution in [0.25, 0.3) is 6.08 Å². The smallest absolute Gasteiger partial charge is 0.338 e. The van der Waals surface area contributed by atoms with Gasteiger partial charge in [-0.1, -0.05) is 70.4 Å². The molecule has 8 nitrogen and oxygen atoms in total. The SMILES string of the molecule is CCOC(=O)C1=C(C)N=c2s/c(=C/c3cc(Cl)c(OCc4ccc(Cl)cc4Cl)c(OCC)c3)c(=O)n2[C@@H]1c1ccccc1OC(C)C. The fourth-order valence-corrected chi connectivity index (χ4v) is 6.95. The van der Waals surface area contributed by atoms with E-state index in [4.69, 9.17) is 53.8 Å². The van der Waals surface area contributed by atoms with E-state index >= 15 is 0 Å². The summed E-state index contributed by atoms with van der Waals surface area (Å²) in [7, 11) is 0. The van der Waals surface area contributed by atoms with Crippen LogP contribution in [0, 0.1) is 0 Å². The topological polar surface area (TPSA) is 88.4 Å². The number of benzene rings is 3. The molecule has 0 saturated heterocycles. The minimum absolute atomic E-state index is 0.137. The quantitative estimate of drug-likeness (QED) is 0.149. The predicted octanol–water partition coefficient (Wildman–Crippen LogP) is 7.52. The second kappa shape index (κ2) is 15.0. The minimum atomic E-state index is -0.819. The molecule has 5 rings (SSSR count). The maximum Gasteiger partial charge on any atom is 0.338 e. The highest BCUT2D eigenvalue weighted by molar-refractivity contribution is 7.07. The van der Waals surface area contributed by atoms with Crippen LogP contribution in [0.5, 0.6) is 17.2 Å². The lowest BCUT2D eigenvalue weighted by atomic mass is 9.95. The summed E-state index contributed by atoms with van der Waals surface area (Å²) < 4.78 is 25.4. The van der Waals surface area contributed by atoms with Gasteiger partial charge in [0.2, 0.25) is 0 Å². The van der Waals surface area contributed by atoms with Gasteiger partial charge < -0.3 is 18.9 Å². The highest BCUT2D eigenvalue weighted by Gasteiger charge is 2.35. The number of carbonyl (C=O) groups excluding carboxylic acids is 1. The van der Waals surface area contributed by atoms with E-state index in [1.807, 2.05) is 45.0 Å². The van der Waals surface area contributed by atoms with Crippen LogP contribution in [0.15, 0.2) is 75.7 Å². The summed E-state index contributed by atoms with van der Waals surface area (Å²) in [6.07, 6.45) is 1.58. The number of allylic oxidation sites excluding steroid dienone is 1. The van der Waals surface area contributed by atoms with Crippen LogP contribution in [-0.4, -0.2) is 29.9 Å². The zero-order valence-electron chi connectivity index (χ0n) is 26.4. The molecule has 0 amide bonds. The molecule has 0 N–H and O–H groups in total. The standard InChI is InChI=1S/C35H33Cl3N2O6S/c1-6-43-28-15-21(14-26(38)32(28)45-18-22-12-13-23(36)17-25(22)37)16-29-33(41)40-31(24-10-8-9-11-27(24)46-19(3)4)30(34(42)44-7-2)20(5)39-35(40)47-29/h8-17,19,31H,6-7,18H2,1-5H3/b29-16+/t31-/m1/s1. The fourth-order valence-electron chi connectivity index (χ4n) is 5.17. The summed E-state index contributed by atoms with van der Waals surface area (Å²) in [5.74, 6) is 0.759. The Morgan fingerprint density at radius 3 is 2.47 bits per heavy atom. The zero-order chi connectivity index (χ0) is 33.8. The average molecular weight is 716 g/mol. The van der Waals surface area contributed by atoms with Crippen molar-refractivity contribution in [2.24, 2.45) is 4.99 Å². The van der Waals surface area contributed by atoms with E-state index in [1.165, 1.54) is 15.9 Å². The molecule has 3 aromatic carbocycles. The van der Waals surface area contributed by atoms with Gasteiger partial charge in [0.25, 0.3) is 5.56 Å². The summed E-state index contributed by atoms with van der Waals surface area (Å²) in [5.41, 5.74) is 2.39. The van der Waals surface area contributed by atoms with Gasteiger partial charge >= 0.3 is 5.97 Å². The zero-order valence-corrected chi connectivity index (χ0v) is 29.5. The molecule has 246 valence electrons. The van der Waals surface area contributed by atoms with Gasteiger partial charge in [-0.2, -0.15) is 0 Å². The van der Waals surface area contributed by atoms with Crippen LogP contribution in [-0.2, 0) is 16.1 Å². The highest BCUT2D eigenvalue weighted by Crippen LogP contribution is 2.39. The molecule has 12 heteroatoms. The van der Waals surface area contributed by atoms with Crippen molar-refractivity contribution in [2.75, 3.05) is 13.2 Å². The van der Waals surface area contributed by atoms with Crippen molar-refractivity contribution in [2.45, 2.75) is 53.4 Å². The maximum atomic E-state index is 14.2. The van der Waals surface area contributed by atoms with Crippen LogP contribution in [0.1, 0.15) is 57.4 Å². The number of para-hydroxylation sites is 1. The molecule has 1 atom stereocenters. The molecule has 0 saturated carbocycles. The van der Waals surface area contributed by atoms with Gasteiger partial charge in [-0.15, -0.1) is 0 Å². The molecule has 47 heavy (non-hydrogen) atoms. The number of hydrogen-bond acceptors (Lipinski definition) is 8. The highest BCUT2D eigenvalue weighted by atomic mass is 35.5. The van der Waals surface area contributed by atoms with Crippen molar-refractivity contribution in [1.82, 2.24) is 4.57 Å². The van der Waals surface area contributed by atoms with E-state index in [1.54, 1.807) is 50.3 Å². The second-order valence-electron chi connectivity index (χ2n) is 10.8. The van der Waals surface area contributed by atoms with Gasteiger partial charge in [-0.3, -0.25) is 9.36 Å². The number of thiazole rings is 1. The summed E-state index contributed by atoms with van der Waals surface area (Å²) in [4.78, 5) is 32.6. The number of halogens is 3. The lowest BCUT2D eigenvalue weighted by molar-refractivity contribution is -0.139. The van der Waals surface area contributed by atoms with Gasteiger partial charge in [0, 0.05) is 21.2 Å². The molecule has 0 unspecified atom stereocenters. The minimum Gasteiger partial charge on any atom is -0.491 e. The number of ether oxygens (including phenoxy) is 4. The molecular weight excluding hydrogens is 683 g/mol. The van der Waals surface area contributed by atoms with Crippen LogP contribution in [0.4, 0.5) is 0 Å². The lowest BCUT2D eigenvalue weighted by Gasteiger charge is -2.26. The summed E-state index contributed by atoms with van der Waals surface area (Å²) >= 11 is 20.3. The third kappa shape index (κ3) is 7.54. The Bertz CT molecular complexity index is 2040. The van der Waals surface area contributed by atoms with Crippen molar-refractivity contribution in [3.05, 3.63) is 117 Å². The number of rotatable bonds is 11. The third-order valence-corrected chi connectivity index (χ3v) is 8.96. The van der Waals surface area contributed by atoms with Crippen LogP contribution < -0.4 is 29.1 Å². The Kier molecular flexibility index (Phi) is 11.0. The summed E-state index contributed by atoms with van der Waals surface area (Å²) in [5, 5.41) is 1.28. The molecule has 2 heterocycles. The third-order valence-electron chi connectivity index (χ3n) is 7.11. The number of aromatic nitrogens is 1. The van der Waals surface area contributed by atoms with Crippen molar-refractivity contribution in [3.8, 4) is 17.2 Å². The first kappa shape index (κ1) is 34.6. The van der Waals surface area contributed by atoms with E-state index in [2.05, 4.69) is 4.99 Å². The molecule has 1 aromatic heterocycles. The molecule has 0 fully saturated rings. The molecule has 4 aromatic rings. The average Bonchev–Trinajstić information content (AvgIpc) is 3.31. The van der Waals surface area contributed by atoms with Gasteiger partial charge in [0.15, 0.2) is 16.3 Å². The van der Waals surface area contributed by atoms with Crippen molar-refractivity contribution in [3.63, 3.8) is 0 Å². The first-order valence-corrected chi connectivity index (χ1v) is 17.0. The number of nitrogens with zero attached hydrogens (tertiary/aromatic N) is 2. The van der Waals surface area contributed by atoms with E-state index < -0.39 is 12.0 Å². The van der Waals surface area contributed by atoms with Crippen LogP contribution in [0.2, 0.25) is 15.1 Å². The van der Waals surface area contributed by atoms with E-state index in [0.717, 1.165) is 5.56 Å². The van der Waals surface area contributed by atoms with E-state index in [0.29, 0.717) is 60.1 Å². The van der Waals surface area contributed by atoms with Crippen molar-refractivity contribution < 1.29 is 23.7 Å². The number of carbonyl (C=O) groups is 1. The molecule has 1 aliphatic heterocycles. The molecule has 1 aliphatic rings. The van der Waals surface area contributed by atoms with E-state index in [-0.39, 0.29) is 35.5 Å². The van der Waals surface area contributed by atoms with E-state index in [9.17, 15) is 9.59 Å². The van der Waals surface area contributed by atoms with Crippen LogP contribution in [0.3, 0.4) is 0 Å². The number of fused-ring (bicyclic) bond motifs is 1. The molecule has 0 spiro atoms. The maximum absolute atomic E-state index is 14.2. The van der Waals surface area contributed by atoms with Gasteiger partial charge in [0.05, 0.1) is 40.1 Å². The van der Waals surface area contributed by atoms with Gasteiger partial charge in [0.1, 0.15) is 18.4 Å². The molecule has 0 bridgehead atoms. The molecular formula is C35H33Cl3N2O6S. The van der Waals surface area contributed by atoms with Gasteiger partial charge in [-0.05, 0) is 76.6 Å². The number of hydrogen-bond donors (Lipinski definition) is 0. The normalized spacial score (nSPS) is 14.6. The second-order valence-corrected chi connectivity index (χ2v) is 13.1. The Morgan fingerprint density at radius 2 is 1.77 bits per heavy atom. The lowest BCUT2D eigenvalue weighted by Crippen LogP contribution is -2.40. The van der Waals surface area contributed by atoms with Crippen molar-refractivity contribution in [1.29, 1.82) is 0 Å². The predicted molar refractivity (Wildman–Crippen MR) is 186 cm³/mol. The van der Waals surface area contributed by atoms with Crippen molar-refractivity contribution >= 4 is 58.2 Å². The fraction of sp³-hybridized carbons (Fsp3) is 0.286. The Balaban J connectivity index is 1.61. The number of esters is 1. The summed E-state index contributed by atoms with van der Waals surface area (Å²) in [6, 6.07) is 15.2. The largest absolute Gasteiger partial charge is 0.491 e. The first-order chi connectivity index (χ1) is 22.5. The Hall–Kier alpha value is -3.76. The Labute approximate surface area is 291 Å². The van der Waals surface area contributed by atoms with Crippen LogP contribution >= 0.6 is 46.1 Å². The summed E-state index contributed by atoms with van der Waals surface area (Å²) in [6.45, 7) is 9.83. The van der Waals surface area contributed by atoms with Gasteiger partial charge in [-0.25, -0.2) is 9.79 Å². The monoisotopic (exact) mass is 714 g/mol. The Morgan fingerprint density at radius 1 is 1.00 bits per heavy atom. The molecule has 0 radical (unpaired) electrons. The molecule has 0 aliphatic carbocycles.